The van der Waals surface area contributed by atoms with E-state index in [-0.39, 0.29) is 5.69 Å². The first-order chi connectivity index (χ1) is 8.31. The molecule has 6 nitrogen and oxygen atoms in total. The lowest BCUT2D eigenvalue weighted by molar-refractivity contribution is 0.0593. The van der Waals surface area contributed by atoms with Crippen molar-refractivity contribution in [1.82, 2.24) is 9.97 Å². The summed E-state index contributed by atoms with van der Waals surface area (Å²) in [7, 11) is 1.32. The van der Waals surface area contributed by atoms with Crippen LogP contribution in [0, 0.1) is 0 Å². The molecule has 0 N–H and O–H groups in total. The summed E-state index contributed by atoms with van der Waals surface area (Å²) < 4.78 is 9.93. The van der Waals surface area contributed by atoms with Gasteiger partial charge < -0.3 is 14.4 Å². The zero-order valence-electron chi connectivity index (χ0n) is 9.76. The second kappa shape index (κ2) is 5.58. The van der Waals surface area contributed by atoms with Gasteiger partial charge in [-0.1, -0.05) is 0 Å². The van der Waals surface area contributed by atoms with E-state index in [0.29, 0.717) is 6.61 Å². The van der Waals surface area contributed by atoms with Gasteiger partial charge in [0.1, 0.15) is 5.82 Å². The normalized spacial score (nSPS) is 16.4. The summed E-state index contributed by atoms with van der Waals surface area (Å²) in [5.74, 6) is 0.298. The van der Waals surface area contributed by atoms with Crippen molar-refractivity contribution in [3.8, 4) is 0 Å². The number of anilines is 1. The number of methoxy groups -OCH3 is 1. The molecule has 0 radical (unpaired) electrons. The average Bonchev–Trinajstić information content (AvgIpc) is 2.67. The van der Waals surface area contributed by atoms with Crippen molar-refractivity contribution in [2.75, 3.05) is 38.3 Å². The fourth-order valence-electron chi connectivity index (χ4n) is 1.67. The summed E-state index contributed by atoms with van der Waals surface area (Å²) in [4.78, 5) is 21.6. The predicted octanol–water partition coefficient (Wildman–Crippen LogP) is 0.490. The first-order valence-electron chi connectivity index (χ1n) is 5.54. The summed E-state index contributed by atoms with van der Waals surface area (Å²) in [5.41, 5.74) is 0.224. The number of esters is 1. The van der Waals surface area contributed by atoms with Gasteiger partial charge in [-0.3, -0.25) is 0 Å². The molecule has 1 fully saturated rings. The number of aromatic nitrogens is 2. The maximum absolute atomic E-state index is 11.2. The van der Waals surface area contributed by atoms with Crippen LogP contribution in [-0.4, -0.2) is 49.4 Å². The molecule has 92 valence electrons. The highest BCUT2D eigenvalue weighted by Crippen LogP contribution is 2.11. The molecule has 0 amide bonds. The van der Waals surface area contributed by atoms with Crippen molar-refractivity contribution in [2.24, 2.45) is 0 Å². The molecule has 0 aliphatic carbocycles. The van der Waals surface area contributed by atoms with Crippen molar-refractivity contribution in [2.45, 2.75) is 6.42 Å². The second-order valence-corrected chi connectivity index (χ2v) is 3.70. The van der Waals surface area contributed by atoms with Gasteiger partial charge in [-0.2, -0.15) is 0 Å². The van der Waals surface area contributed by atoms with Gasteiger partial charge in [-0.05, 0) is 6.42 Å². The Morgan fingerprint density at radius 1 is 1.35 bits per heavy atom. The summed E-state index contributed by atoms with van der Waals surface area (Å²) in [6.07, 6.45) is 4.00. The van der Waals surface area contributed by atoms with Crippen LogP contribution in [0.5, 0.6) is 0 Å². The number of nitrogens with zero attached hydrogens (tertiary/aromatic N) is 3. The summed E-state index contributed by atoms with van der Waals surface area (Å²) in [5, 5.41) is 0. The van der Waals surface area contributed by atoms with E-state index in [4.69, 9.17) is 4.74 Å². The van der Waals surface area contributed by atoms with Crippen molar-refractivity contribution in [3.63, 3.8) is 0 Å². The van der Waals surface area contributed by atoms with Gasteiger partial charge in [-0.25, -0.2) is 14.8 Å². The fraction of sp³-hybridized carbons (Fsp3) is 0.545. The number of ether oxygens (including phenoxy) is 2. The maximum Gasteiger partial charge on any atom is 0.358 e. The molecule has 2 rings (SSSR count). The van der Waals surface area contributed by atoms with Crippen LogP contribution in [0.1, 0.15) is 16.9 Å². The smallest absolute Gasteiger partial charge is 0.358 e. The Balaban J connectivity index is 2.08. The molecule has 0 spiro atoms. The molecular formula is C11H15N3O3. The van der Waals surface area contributed by atoms with E-state index in [1.807, 2.05) is 0 Å². The van der Waals surface area contributed by atoms with Gasteiger partial charge in [0.05, 0.1) is 26.1 Å². The summed E-state index contributed by atoms with van der Waals surface area (Å²) in [6, 6.07) is 0. The van der Waals surface area contributed by atoms with Crippen LogP contribution in [0.25, 0.3) is 0 Å². The Labute approximate surface area is 99.6 Å². The minimum Gasteiger partial charge on any atom is -0.464 e. The van der Waals surface area contributed by atoms with Crippen molar-refractivity contribution < 1.29 is 14.3 Å². The molecule has 0 aromatic carbocycles. The number of rotatable bonds is 2. The Hall–Kier alpha value is -1.69. The Morgan fingerprint density at radius 3 is 2.94 bits per heavy atom. The van der Waals surface area contributed by atoms with Gasteiger partial charge >= 0.3 is 5.97 Å². The van der Waals surface area contributed by atoms with Gasteiger partial charge in [-0.15, -0.1) is 0 Å². The van der Waals surface area contributed by atoms with E-state index in [9.17, 15) is 4.79 Å². The largest absolute Gasteiger partial charge is 0.464 e. The van der Waals surface area contributed by atoms with Crippen molar-refractivity contribution in [3.05, 3.63) is 18.1 Å². The van der Waals surface area contributed by atoms with Crippen LogP contribution in [0.2, 0.25) is 0 Å². The van der Waals surface area contributed by atoms with Gasteiger partial charge in [0, 0.05) is 19.7 Å². The topological polar surface area (TPSA) is 64.5 Å². The maximum atomic E-state index is 11.2. The molecule has 0 atom stereocenters. The zero-order chi connectivity index (χ0) is 12.1. The van der Waals surface area contributed by atoms with Crippen LogP contribution in [0.3, 0.4) is 0 Å². The molecule has 1 aliphatic heterocycles. The Kier molecular flexibility index (Phi) is 3.87. The minimum atomic E-state index is -0.469. The number of carbonyl (C=O) groups excluding carboxylic acids is 1. The summed E-state index contributed by atoms with van der Waals surface area (Å²) in [6.45, 7) is 3.17. The van der Waals surface area contributed by atoms with Gasteiger partial charge in [0.2, 0.25) is 0 Å². The zero-order valence-corrected chi connectivity index (χ0v) is 9.76. The highest BCUT2D eigenvalue weighted by atomic mass is 16.5. The third-order valence-electron chi connectivity index (χ3n) is 2.58. The Morgan fingerprint density at radius 2 is 2.24 bits per heavy atom. The molecule has 1 saturated heterocycles. The SMILES string of the molecule is COC(=O)c1cnc(N2CCCOCC2)cn1. The van der Waals surface area contributed by atoms with E-state index in [0.717, 1.165) is 31.9 Å². The van der Waals surface area contributed by atoms with Crippen LogP contribution in [0.15, 0.2) is 12.4 Å². The minimum absolute atomic E-state index is 0.224. The van der Waals surface area contributed by atoms with E-state index >= 15 is 0 Å². The molecule has 0 bridgehead atoms. The first kappa shape index (κ1) is 11.8. The van der Waals surface area contributed by atoms with Crippen molar-refractivity contribution >= 4 is 11.8 Å². The molecule has 6 heteroatoms. The van der Waals surface area contributed by atoms with E-state index < -0.39 is 5.97 Å². The summed E-state index contributed by atoms with van der Waals surface area (Å²) >= 11 is 0. The van der Waals surface area contributed by atoms with Gasteiger partial charge in [0.15, 0.2) is 5.69 Å². The molecule has 1 aromatic rings. The fourth-order valence-corrected chi connectivity index (χ4v) is 1.67. The predicted molar refractivity (Wildman–Crippen MR) is 61.0 cm³/mol. The molecule has 0 saturated carbocycles. The number of carbonyl (C=O) groups is 1. The van der Waals surface area contributed by atoms with E-state index in [1.165, 1.54) is 13.3 Å². The molecule has 2 heterocycles. The quantitative estimate of drug-likeness (QED) is 0.697. The molecule has 0 unspecified atom stereocenters. The van der Waals surface area contributed by atoms with Gasteiger partial charge in [0.25, 0.3) is 0 Å². The number of hydrogen-bond donors (Lipinski definition) is 0. The van der Waals surface area contributed by atoms with E-state index in [2.05, 4.69) is 19.6 Å². The van der Waals surface area contributed by atoms with E-state index in [1.54, 1.807) is 6.20 Å². The molecule has 1 aromatic heterocycles. The first-order valence-corrected chi connectivity index (χ1v) is 5.54. The lowest BCUT2D eigenvalue weighted by Crippen LogP contribution is -2.27. The molecule has 17 heavy (non-hydrogen) atoms. The lowest BCUT2D eigenvalue weighted by atomic mass is 10.4. The second-order valence-electron chi connectivity index (χ2n) is 3.70. The molecule has 1 aliphatic rings. The Bertz CT molecular complexity index is 372. The highest BCUT2D eigenvalue weighted by Gasteiger charge is 2.13. The third-order valence-corrected chi connectivity index (χ3v) is 2.58. The standard InChI is InChI=1S/C11H15N3O3/c1-16-11(15)9-7-13-10(8-12-9)14-3-2-5-17-6-4-14/h7-8H,2-6H2,1H3. The van der Waals surface area contributed by atoms with Crippen LogP contribution in [-0.2, 0) is 9.47 Å². The average molecular weight is 237 g/mol. The van der Waals surface area contributed by atoms with Crippen LogP contribution >= 0.6 is 0 Å². The highest BCUT2D eigenvalue weighted by molar-refractivity contribution is 5.86. The van der Waals surface area contributed by atoms with Crippen LogP contribution < -0.4 is 4.90 Å². The monoisotopic (exact) mass is 237 g/mol. The third kappa shape index (κ3) is 2.91. The lowest BCUT2D eigenvalue weighted by Gasteiger charge is -2.19. The van der Waals surface area contributed by atoms with Crippen molar-refractivity contribution in [1.29, 1.82) is 0 Å². The molecular weight excluding hydrogens is 222 g/mol. The van der Waals surface area contributed by atoms with Crippen LogP contribution in [0.4, 0.5) is 5.82 Å². The number of hydrogen-bond acceptors (Lipinski definition) is 6.